The molecule has 1 aromatic rings. The van der Waals surface area contributed by atoms with Crippen LogP contribution in [0.2, 0.25) is 0 Å². The van der Waals surface area contributed by atoms with Gasteiger partial charge in [-0.2, -0.15) is 0 Å². The molecule has 0 radical (unpaired) electrons. The molecule has 0 bridgehead atoms. The molecule has 23 heavy (non-hydrogen) atoms. The van der Waals surface area contributed by atoms with Gasteiger partial charge in [-0.05, 0) is 29.9 Å². The first-order valence-electron chi connectivity index (χ1n) is 8.14. The number of amides is 2. The molecule has 2 amide bonds. The van der Waals surface area contributed by atoms with Crippen LogP contribution < -0.4 is 10.6 Å². The van der Waals surface area contributed by atoms with Crippen molar-refractivity contribution in [3.8, 4) is 0 Å². The lowest BCUT2D eigenvalue weighted by molar-refractivity contribution is -0.127. The maximum absolute atomic E-state index is 12.1. The normalized spacial score (nSPS) is 17.8. The van der Waals surface area contributed by atoms with E-state index in [0.29, 0.717) is 6.54 Å². The van der Waals surface area contributed by atoms with E-state index in [1.165, 1.54) is 0 Å². The highest BCUT2D eigenvalue weighted by Gasteiger charge is 2.20. The van der Waals surface area contributed by atoms with E-state index in [9.17, 15) is 9.59 Å². The fraction of sp³-hybridized carbons (Fsp3) is 0.556. The topological polar surface area (TPSA) is 67.4 Å². The standard InChI is InChI=1S/C18H26N2O3/c1-18(2,3)14-8-4-5-9-15(14)20-17(22)11-16(21)19-12-13-7-6-10-23-13/h4-5,8-9,13H,6-7,10-12H2,1-3H3,(H,19,21)(H,20,22). The molecule has 1 aliphatic heterocycles. The van der Waals surface area contributed by atoms with Crippen molar-refractivity contribution < 1.29 is 14.3 Å². The van der Waals surface area contributed by atoms with Gasteiger partial charge < -0.3 is 15.4 Å². The van der Waals surface area contributed by atoms with Gasteiger partial charge in [-0.1, -0.05) is 39.0 Å². The maximum Gasteiger partial charge on any atom is 0.233 e. The summed E-state index contributed by atoms with van der Waals surface area (Å²) in [5.41, 5.74) is 1.73. The van der Waals surface area contributed by atoms with Gasteiger partial charge in [-0.15, -0.1) is 0 Å². The molecule has 1 unspecified atom stereocenters. The molecule has 2 rings (SSSR count). The van der Waals surface area contributed by atoms with Crippen LogP contribution in [-0.2, 0) is 19.7 Å². The number of hydrogen-bond donors (Lipinski definition) is 2. The Morgan fingerprint density at radius 3 is 2.61 bits per heavy atom. The van der Waals surface area contributed by atoms with Crippen molar-refractivity contribution in [3.63, 3.8) is 0 Å². The molecular weight excluding hydrogens is 292 g/mol. The quantitative estimate of drug-likeness (QED) is 0.820. The Bertz CT molecular complexity index is 558. The van der Waals surface area contributed by atoms with Crippen molar-refractivity contribution >= 4 is 17.5 Å². The molecule has 1 aliphatic rings. The Morgan fingerprint density at radius 1 is 1.22 bits per heavy atom. The van der Waals surface area contributed by atoms with Crippen LogP contribution in [0.4, 0.5) is 5.69 Å². The summed E-state index contributed by atoms with van der Waals surface area (Å²) in [5, 5.41) is 5.61. The van der Waals surface area contributed by atoms with E-state index >= 15 is 0 Å². The molecule has 0 saturated carbocycles. The Labute approximate surface area is 137 Å². The zero-order valence-corrected chi connectivity index (χ0v) is 14.1. The minimum Gasteiger partial charge on any atom is -0.376 e. The van der Waals surface area contributed by atoms with Gasteiger partial charge in [0.1, 0.15) is 6.42 Å². The van der Waals surface area contributed by atoms with E-state index in [1.807, 2.05) is 24.3 Å². The molecule has 2 N–H and O–H groups in total. The van der Waals surface area contributed by atoms with E-state index in [2.05, 4.69) is 31.4 Å². The predicted octanol–water partition coefficient (Wildman–Crippen LogP) is 2.61. The van der Waals surface area contributed by atoms with E-state index in [0.717, 1.165) is 30.7 Å². The van der Waals surface area contributed by atoms with Crippen LogP contribution in [0.3, 0.4) is 0 Å². The summed E-state index contributed by atoms with van der Waals surface area (Å²) in [6, 6.07) is 7.68. The highest BCUT2D eigenvalue weighted by molar-refractivity contribution is 6.03. The molecular formula is C18H26N2O3. The van der Waals surface area contributed by atoms with Crippen LogP contribution in [0.25, 0.3) is 0 Å². The summed E-state index contributed by atoms with van der Waals surface area (Å²) in [4.78, 5) is 23.9. The maximum atomic E-state index is 12.1. The number of ether oxygens (including phenoxy) is 1. The number of carbonyl (C=O) groups excluding carboxylic acids is 2. The van der Waals surface area contributed by atoms with Crippen LogP contribution in [0.15, 0.2) is 24.3 Å². The van der Waals surface area contributed by atoms with Crippen molar-refractivity contribution in [1.29, 1.82) is 0 Å². The van der Waals surface area contributed by atoms with Crippen molar-refractivity contribution in [2.24, 2.45) is 0 Å². The molecule has 0 spiro atoms. The number of hydrogen-bond acceptors (Lipinski definition) is 3. The first kappa shape index (κ1) is 17.5. The number of carbonyl (C=O) groups is 2. The minimum absolute atomic E-state index is 0.0774. The Morgan fingerprint density at radius 2 is 1.96 bits per heavy atom. The average Bonchev–Trinajstić information content (AvgIpc) is 2.97. The second-order valence-electron chi connectivity index (χ2n) is 6.96. The molecule has 5 heteroatoms. The minimum atomic E-state index is -0.299. The van der Waals surface area contributed by atoms with Gasteiger partial charge in [0.15, 0.2) is 0 Å². The number of rotatable bonds is 5. The molecule has 1 saturated heterocycles. The summed E-state index contributed by atoms with van der Waals surface area (Å²) < 4.78 is 5.44. The third-order valence-corrected chi connectivity index (χ3v) is 3.88. The lowest BCUT2D eigenvalue weighted by Crippen LogP contribution is -2.34. The van der Waals surface area contributed by atoms with E-state index in [1.54, 1.807) is 0 Å². The predicted molar refractivity (Wildman–Crippen MR) is 90.4 cm³/mol. The monoisotopic (exact) mass is 318 g/mol. The number of nitrogens with one attached hydrogen (secondary N) is 2. The van der Waals surface area contributed by atoms with Gasteiger partial charge in [0.2, 0.25) is 11.8 Å². The molecule has 0 aromatic heterocycles. The molecule has 126 valence electrons. The van der Waals surface area contributed by atoms with Gasteiger partial charge >= 0.3 is 0 Å². The Kier molecular flexibility index (Phi) is 5.77. The lowest BCUT2D eigenvalue weighted by Gasteiger charge is -2.23. The Balaban J connectivity index is 1.86. The van der Waals surface area contributed by atoms with Crippen LogP contribution in [0, 0.1) is 0 Å². The van der Waals surface area contributed by atoms with Crippen molar-refractivity contribution in [2.45, 2.75) is 51.6 Å². The summed E-state index contributed by atoms with van der Waals surface area (Å²) in [7, 11) is 0. The first-order valence-corrected chi connectivity index (χ1v) is 8.14. The number of para-hydroxylation sites is 1. The highest BCUT2D eigenvalue weighted by atomic mass is 16.5. The van der Waals surface area contributed by atoms with Gasteiger partial charge in [0.25, 0.3) is 0 Å². The van der Waals surface area contributed by atoms with Crippen LogP contribution >= 0.6 is 0 Å². The van der Waals surface area contributed by atoms with Crippen molar-refractivity contribution in [2.75, 3.05) is 18.5 Å². The van der Waals surface area contributed by atoms with Crippen LogP contribution in [0.1, 0.15) is 45.6 Å². The van der Waals surface area contributed by atoms with Crippen LogP contribution in [-0.4, -0.2) is 31.1 Å². The summed E-state index contributed by atoms with van der Waals surface area (Å²) >= 11 is 0. The third kappa shape index (κ3) is 5.36. The smallest absolute Gasteiger partial charge is 0.233 e. The fourth-order valence-corrected chi connectivity index (χ4v) is 2.68. The zero-order valence-electron chi connectivity index (χ0n) is 14.1. The van der Waals surface area contributed by atoms with E-state index in [4.69, 9.17) is 4.74 Å². The van der Waals surface area contributed by atoms with Crippen molar-refractivity contribution in [1.82, 2.24) is 5.32 Å². The molecule has 0 aliphatic carbocycles. The first-order chi connectivity index (χ1) is 10.9. The molecule has 1 aromatic carbocycles. The summed E-state index contributed by atoms with van der Waals surface area (Å²) in [6.45, 7) is 7.50. The van der Waals surface area contributed by atoms with Gasteiger partial charge in [0.05, 0.1) is 6.10 Å². The average molecular weight is 318 g/mol. The van der Waals surface area contributed by atoms with Gasteiger partial charge in [0, 0.05) is 18.8 Å². The second kappa shape index (κ2) is 7.59. The molecule has 1 fully saturated rings. The molecule has 1 atom stereocenters. The number of benzene rings is 1. The summed E-state index contributed by atoms with van der Waals surface area (Å²) in [6.07, 6.45) is 1.91. The zero-order chi connectivity index (χ0) is 16.9. The number of anilines is 1. The largest absolute Gasteiger partial charge is 0.376 e. The van der Waals surface area contributed by atoms with E-state index < -0.39 is 0 Å². The van der Waals surface area contributed by atoms with Gasteiger partial charge in [-0.3, -0.25) is 9.59 Å². The second-order valence-corrected chi connectivity index (χ2v) is 6.96. The van der Waals surface area contributed by atoms with Crippen LogP contribution in [0.5, 0.6) is 0 Å². The Hall–Kier alpha value is -1.88. The lowest BCUT2D eigenvalue weighted by atomic mass is 9.86. The highest BCUT2D eigenvalue weighted by Crippen LogP contribution is 2.29. The molecule has 1 heterocycles. The summed E-state index contributed by atoms with van der Waals surface area (Å²) in [5.74, 6) is -0.571. The van der Waals surface area contributed by atoms with Gasteiger partial charge in [-0.25, -0.2) is 0 Å². The SMILES string of the molecule is CC(C)(C)c1ccccc1NC(=O)CC(=O)NCC1CCCO1. The fourth-order valence-electron chi connectivity index (χ4n) is 2.68. The van der Waals surface area contributed by atoms with E-state index in [-0.39, 0.29) is 29.8 Å². The molecule has 5 nitrogen and oxygen atoms in total. The third-order valence-electron chi connectivity index (χ3n) is 3.88. The van der Waals surface area contributed by atoms with Crippen molar-refractivity contribution in [3.05, 3.63) is 29.8 Å².